The summed E-state index contributed by atoms with van der Waals surface area (Å²) in [5, 5.41) is 10.6. The lowest BCUT2D eigenvalue weighted by molar-refractivity contribution is -0.148. The van der Waals surface area contributed by atoms with E-state index in [2.05, 4.69) is 56.2 Å². The van der Waals surface area contributed by atoms with Gasteiger partial charge in [0.1, 0.15) is 5.79 Å². The van der Waals surface area contributed by atoms with Gasteiger partial charge in [0.15, 0.2) is 0 Å². The van der Waals surface area contributed by atoms with Crippen LogP contribution < -0.4 is 0 Å². The fourth-order valence-electron chi connectivity index (χ4n) is 7.94. The van der Waals surface area contributed by atoms with Crippen molar-refractivity contribution in [3.8, 4) is 0 Å². The summed E-state index contributed by atoms with van der Waals surface area (Å²) in [4.78, 5) is 21.2. The zero-order valence-corrected chi connectivity index (χ0v) is 26.1. The topological polar surface area (TPSA) is 46.3 Å². The summed E-state index contributed by atoms with van der Waals surface area (Å²) in [6, 6.07) is 3.33. The molecule has 6 unspecified atom stereocenters. The van der Waals surface area contributed by atoms with Crippen molar-refractivity contribution in [1.82, 2.24) is 14.7 Å². The molecule has 38 heavy (non-hydrogen) atoms. The average molecular weight is 534 g/mol. The van der Waals surface area contributed by atoms with E-state index in [1.807, 2.05) is 0 Å². The summed E-state index contributed by atoms with van der Waals surface area (Å²) in [6.45, 7) is 13.8. The Morgan fingerprint density at radius 2 is 0.711 bits per heavy atom. The third-order valence-electron chi connectivity index (χ3n) is 9.96. The van der Waals surface area contributed by atoms with E-state index in [1.54, 1.807) is 0 Å². The van der Waals surface area contributed by atoms with E-state index in [0.717, 1.165) is 0 Å². The summed E-state index contributed by atoms with van der Waals surface area (Å²) in [5.74, 6) is -1.03. The van der Waals surface area contributed by atoms with E-state index in [-0.39, 0.29) is 6.42 Å². The Bertz CT molecular complexity index is 579. The Balaban J connectivity index is 2.05. The van der Waals surface area contributed by atoms with Crippen LogP contribution in [0.15, 0.2) is 0 Å². The normalized spacial score (nSPS) is 35.2. The van der Waals surface area contributed by atoms with Gasteiger partial charge in [-0.2, -0.15) is 0 Å². The van der Waals surface area contributed by atoms with Gasteiger partial charge >= 0.3 is 5.97 Å². The van der Waals surface area contributed by atoms with Crippen molar-refractivity contribution in [2.75, 3.05) is 0 Å². The molecular formula is C33H63N3O2. The fourth-order valence-corrected chi connectivity index (χ4v) is 7.94. The Labute approximate surface area is 236 Å². The van der Waals surface area contributed by atoms with E-state index < -0.39 is 11.8 Å². The Hall–Kier alpha value is -0.650. The largest absolute Gasteiger partial charge is 0.481 e. The zero-order chi connectivity index (χ0) is 27.7. The van der Waals surface area contributed by atoms with E-state index in [9.17, 15) is 9.90 Å². The molecule has 5 heteroatoms. The molecule has 6 atom stereocenters. The van der Waals surface area contributed by atoms with E-state index in [0.29, 0.717) is 36.3 Å². The smallest absolute Gasteiger partial charge is 0.308 e. The third-order valence-corrected chi connectivity index (χ3v) is 9.96. The number of carboxylic acid groups (broad SMARTS) is 1. The maximum absolute atomic E-state index is 12.9. The molecule has 3 heterocycles. The predicted octanol–water partition coefficient (Wildman–Crippen LogP) is 8.41. The molecule has 0 radical (unpaired) electrons. The minimum Gasteiger partial charge on any atom is -0.481 e. The number of unbranched alkanes of at least 4 members (excludes halogenated alkanes) is 6. The first-order chi connectivity index (χ1) is 18.5. The molecule has 0 bridgehead atoms. The van der Waals surface area contributed by atoms with Crippen LogP contribution in [-0.2, 0) is 4.79 Å². The molecule has 0 spiro atoms. The van der Waals surface area contributed by atoms with Gasteiger partial charge in [-0.05, 0) is 38.5 Å². The van der Waals surface area contributed by atoms with Crippen LogP contribution in [0.2, 0.25) is 0 Å². The Kier molecular flexibility index (Phi) is 12.9. The van der Waals surface area contributed by atoms with Crippen molar-refractivity contribution in [2.24, 2.45) is 0 Å². The second-order valence-corrected chi connectivity index (χ2v) is 12.8. The van der Waals surface area contributed by atoms with Crippen LogP contribution in [0.5, 0.6) is 0 Å². The standard InChI is InChI=1S/C33H63N3O2/c1-7-13-19-26-27(20-14-8-2)34(26)33(25-32(37)38,35-28(21-15-9-3)29(35)22-16-10-4)36-30(23-17-11-5)31(36)24-18-12-6/h26-31H,7-25H2,1-6H3,(H,37,38). The lowest BCUT2D eigenvalue weighted by atomic mass is 10.1. The number of rotatable bonds is 23. The van der Waals surface area contributed by atoms with Gasteiger partial charge in [0, 0.05) is 36.3 Å². The highest BCUT2D eigenvalue weighted by Crippen LogP contribution is 2.60. The van der Waals surface area contributed by atoms with Crippen molar-refractivity contribution in [3.63, 3.8) is 0 Å². The Morgan fingerprint density at radius 1 is 0.500 bits per heavy atom. The molecule has 0 aromatic carbocycles. The highest BCUT2D eigenvalue weighted by molar-refractivity contribution is 5.69. The molecule has 0 amide bonds. The average Bonchev–Trinajstić information content (AvgIpc) is 3.84. The second kappa shape index (κ2) is 15.4. The quantitative estimate of drug-likeness (QED) is 0.134. The van der Waals surface area contributed by atoms with E-state index in [1.165, 1.54) is 116 Å². The minimum atomic E-state index is -0.605. The SMILES string of the molecule is CCCCC1C(CCCC)N1C(CC(=O)O)(N1C(CCCC)C1CCCC)N1C(CCCC)C1CCCC. The Morgan fingerprint density at radius 3 is 0.868 bits per heavy atom. The van der Waals surface area contributed by atoms with Crippen LogP contribution in [0.1, 0.15) is 164 Å². The number of nitrogens with zero attached hydrogens (tertiary/aromatic N) is 3. The monoisotopic (exact) mass is 533 g/mol. The molecule has 222 valence electrons. The number of aliphatic carboxylic acids is 1. The first kappa shape index (κ1) is 31.9. The van der Waals surface area contributed by atoms with Gasteiger partial charge in [0.25, 0.3) is 0 Å². The van der Waals surface area contributed by atoms with Gasteiger partial charge in [0.2, 0.25) is 0 Å². The van der Waals surface area contributed by atoms with Crippen LogP contribution in [0, 0.1) is 0 Å². The first-order valence-corrected chi connectivity index (χ1v) is 17.0. The molecule has 1 N–H and O–H groups in total. The predicted molar refractivity (Wildman–Crippen MR) is 160 cm³/mol. The van der Waals surface area contributed by atoms with Crippen molar-refractivity contribution in [1.29, 1.82) is 0 Å². The summed E-state index contributed by atoms with van der Waals surface area (Å²) in [7, 11) is 0. The van der Waals surface area contributed by atoms with Gasteiger partial charge in [0.05, 0.1) is 6.42 Å². The minimum absolute atomic E-state index is 0.259. The van der Waals surface area contributed by atoms with Gasteiger partial charge in [-0.25, -0.2) is 0 Å². The summed E-state index contributed by atoms with van der Waals surface area (Å²) in [6.07, 6.45) is 22.5. The molecular weight excluding hydrogens is 470 g/mol. The van der Waals surface area contributed by atoms with Crippen LogP contribution in [-0.4, -0.2) is 67.8 Å². The molecule has 5 nitrogen and oxygen atoms in total. The molecule has 3 aliphatic rings. The van der Waals surface area contributed by atoms with Crippen LogP contribution in [0.4, 0.5) is 0 Å². The number of carboxylic acids is 1. The lowest BCUT2D eigenvalue weighted by Gasteiger charge is -2.41. The summed E-state index contributed by atoms with van der Waals surface area (Å²) >= 11 is 0. The number of carbonyl (C=O) groups is 1. The summed E-state index contributed by atoms with van der Waals surface area (Å²) < 4.78 is 0. The molecule has 0 saturated carbocycles. The van der Waals surface area contributed by atoms with E-state index in [4.69, 9.17) is 0 Å². The zero-order valence-electron chi connectivity index (χ0n) is 26.1. The van der Waals surface area contributed by atoms with Crippen molar-refractivity contribution in [3.05, 3.63) is 0 Å². The fraction of sp³-hybridized carbons (Fsp3) is 0.970. The molecule has 0 aromatic rings. The maximum atomic E-state index is 12.9. The molecule has 0 aromatic heterocycles. The highest BCUT2D eigenvalue weighted by atomic mass is 16.4. The van der Waals surface area contributed by atoms with Crippen molar-refractivity contribution < 1.29 is 9.90 Å². The van der Waals surface area contributed by atoms with Gasteiger partial charge < -0.3 is 5.11 Å². The molecule has 3 saturated heterocycles. The van der Waals surface area contributed by atoms with Gasteiger partial charge in [-0.15, -0.1) is 0 Å². The molecule has 3 fully saturated rings. The third kappa shape index (κ3) is 7.16. The van der Waals surface area contributed by atoms with Crippen LogP contribution >= 0.6 is 0 Å². The van der Waals surface area contributed by atoms with Gasteiger partial charge in [-0.3, -0.25) is 19.5 Å². The maximum Gasteiger partial charge on any atom is 0.308 e. The van der Waals surface area contributed by atoms with Gasteiger partial charge in [-0.1, -0.05) is 119 Å². The highest BCUT2D eigenvalue weighted by Gasteiger charge is 2.74. The van der Waals surface area contributed by atoms with Crippen molar-refractivity contribution in [2.45, 2.75) is 206 Å². The number of hydrogen-bond acceptors (Lipinski definition) is 4. The molecule has 3 rings (SSSR count). The molecule has 3 aliphatic heterocycles. The molecule has 0 aliphatic carbocycles. The van der Waals surface area contributed by atoms with Crippen molar-refractivity contribution >= 4 is 5.97 Å². The second-order valence-electron chi connectivity index (χ2n) is 12.8. The number of hydrogen-bond donors (Lipinski definition) is 1. The van der Waals surface area contributed by atoms with Crippen LogP contribution in [0.25, 0.3) is 0 Å². The lowest BCUT2D eigenvalue weighted by Crippen LogP contribution is -2.58. The van der Waals surface area contributed by atoms with E-state index >= 15 is 0 Å². The van der Waals surface area contributed by atoms with Crippen LogP contribution in [0.3, 0.4) is 0 Å². The summed E-state index contributed by atoms with van der Waals surface area (Å²) in [5.41, 5.74) is 0. The first-order valence-electron chi connectivity index (χ1n) is 17.0.